The topological polar surface area (TPSA) is 70.6 Å². The maximum atomic E-state index is 11.5. The fourth-order valence-electron chi connectivity index (χ4n) is 1.30. The first-order chi connectivity index (χ1) is 6.77. The summed E-state index contributed by atoms with van der Waals surface area (Å²) < 4.78 is 5.27. The van der Waals surface area contributed by atoms with Crippen LogP contribution in [0.4, 0.5) is 0 Å². The minimum Gasteiger partial charge on any atom is -0.394 e. The van der Waals surface area contributed by atoms with Crippen LogP contribution in [0.15, 0.2) is 0 Å². The minimum atomic E-state index is -0.413. The molecule has 82 valence electrons. The van der Waals surface area contributed by atoms with Crippen LogP contribution in [0.2, 0.25) is 0 Å². The lowest BCUT2D eigenvalue weighted by Gasteiger charge is -2.24. The first-order valence-corrected chi connectivity index (χ1v) is 5.01. The zero-order valence-electron chi connectivity index (χ0n) is 8.45. The Morgan fingerprint density at radius 2 is 2.57 bits per heavy atom. The highest BCUT2D eigenvalue weighted by Crippen LogP contribution is 1.98. The van der Waals surface area contributed by atoms with Crippen molar-refractivity contribution in [2.24, 2.45) is 0 Å². The summed E-state index contributed by atoms with van der Waals surface area (Å²) in [5.41, 5.74) is 0. The molecule has 0 spiro atoms. The predicted octanol–water partition coefficient (Wildman–Crippen LogP) is -1.14. The molecule has 1 aliphatic heterocycles. The van der Waals surface area contributed by atoms with E-state index in [9.17, 15) is 4.79 Å². The van der Waals surface area contributed by atoms with E-state index in [1.165, 1.54) is 0 Å². The molecule has 2 atom stereocenters. The van der Waals surface area contributed by atoms with Crippen molar-refractivity contribution in [3.8, 4) is 0 Å². The van der Waals surface area contributed by atoms with E-state index in [0.717, 1.165) is 13.0 Å². The van der Waals surface area contributed by atoms with Gasteiger partial charge < -0.3 is 20.5 Å². The van der Waals surface area contributed by atoms with Gasteiger partial charge in [0.25, 0.3) is 5.91 Å². The number of morpholine rings is 1. The third kappa shape index (κ3) is 3.25. The van der Waals surface area contributed by atoms with Crippen molar-refractivity contribution in [1.82, 2.24) is 10.6 Å². The van der Waals surface area contributed by atoms with Crippen molar-refractivity contribution in [1.29, 1.82) is 0 Å². The maximum Gasteiger partial charge on any atom is 0.250 e. The molecule has 1 rings (SSSR count). The fourth-order valence-corrected chi connectivity index (χ4v) is 1.30. The summed E-state index contributed by atoms with van der Waals surface area (Å²) in [5.74, 6) is -0.141. The molecule has 1 unspecified atom stereocenters. The van der Waals surface area contributed by atoms with E-state index in [-0.39, 0.29) is 18.6 Å². The molecule has 0 saturated carbocycles. The Morgan fingerprint density at radius 3 is 3.07 bits per heavy atom. The summed E-state index contributed by atoms with van der Waals surface area (Å²) in [7, 11) is 0. The van der Waals surface area contributed by atoms with Gasteiger partial charge in [-0.2, -0.15) is 0 Å². The second-order valence-electron chi connectivity index (χ2n) is 3.36. The van der Waals surface area contributed by atoms with E-state index in [4.69, 9.17) is 9.84 Å². The highest BCUT2D eigenvalue weighted by atomic mass is 16.5. The monoisotopic (exact) mass is 202 g/mol. The molecule has 0 aromatic carbocycles. The zero-order chi connectivity index (χ0) is 10.4. The molecule has 0 aliphatic carbocycles. The quantitative estimate of drug-likeness (QED) is 0.539. The highest BCUT2D eigenvalue weighted by molar-refractivity contribution is 5.81. The number of rotatable bonds is 4. The average molecular weight is 202 g/mol. The summed E-state index contributed by atoms with van der Waals surface area (Å²) in [6.45, 7) is 3.80. The Kier molecular flexibility index (Phi) is 4.86. The molecule has 1 heterocycles. The molecule has 5 heteroatoms. The van der Waals surface area contributed by atoms with E-state index in [1.54, 1.807) is 0 Å². The standard InChI is InChI=1S/C9H18N2O3/c1-2-7(6-12)11-9(13)8-5-10-3-4-14-8/h7-8,10,12H,2-6H2,1H3,(H,11,13)/t7-,8?/m1/s1. The maximum absolute atomic E-state index is 11.5. The first kappa shape index (κ1) is 11.4. The summed E-state index contributed by atoms with van der Waals surface area (Å²) in [6.07, 6.45) is 0.312. The van der Waals surface area contributed by atoms with E-state index in [2.05, 4.69) is 10.6 Å². The molecular formula is C9H18N2O3. The summed E-state index contributed by atoms with van der Waals surface area (Å²) in [5, 5.41) is 14.7. The van der Waals surface area contributed by atoms with Gasteiger partial charge in [-0.05, 0) is 6.42 Å². The fraction of sp³-hybridized carbons (Fsp3) is 0.889. The van der Waals surface area contributed by atoms with Crippen molar-refractivity contribution in [2.75, 3.05) is 26.3 Å². The van der Waals surface area contributed by atoms with Crippen LogP contribution in [0.25, 0.3) is 0 Å². The molecule has 1 saturated heterocycles. The van der Waals surface area contributed by atoms with Gasteiger partial charge in [0, 0.05) is 13.1 Å². The molecule has 1 amide bonds. The Morgan fingerprint density at radius 1 is 1.79 bits per heavy atom. The molecule has 1 aliphatic rings. The van der Waals surface area contributed by atoms with Crippen molar-refractivity contribution in [3.63, 3.8) is 0 Å². The van der Waals surface area contributed by atoms with Crippen molar-refractivity contribution in [2.45, 2.75) is 25.5 Å². The van der Waals surface area contributed by atoms with Crippen LogP contribution in [0.1, 0.15) is 13.3 Å². The molecule has 14 heavy (non-hydrogen) atoms. The SMILES string of the molecule is CC[C@H](CO)NC(=O)C1CNCCO1. The molecule has 0 aromatic heterocycles. The molecular weight excluding hydrogens is 184 g/mol. The largest absolute Gasteiger partial charge is 0.394 e. The molecule has 0 radical (unpaired) electrons. The normalized spacial score (nSPS) is 24.3. The number of hydrogen-bond donors (Lipinski definition) is 3. The van der Waals surface area contributed by atoms with Crippen molar-refractivity contribution in [3.05, 3.63) is 0 Å². The summed E-state index contributed by atoms with van der Waals surface area (Å²) in [4.78, 5) is 11.5. The molecule has 1 fully saturated rings. The Labute approximate surface area is 83.8 Å². The van der Waals surface area contributed by atoms with Gasteiger partial charge in [-0.1, -0.05) is 6.92 Å². The number of ether oxygens (including phenoxy) is 1. The zero-order valence-corrected chi connectivity index (χ0v) is 8.45. The number of amides is 1. The number of nitrogens with one attached hydrogen (secondary N) is 2. The van der Waals surface area contributed by atoms with E-state index >= 15 is 0 Å². The van der Waals surface area contributed by atoms with E-state index < -0.39 is 6.10 Å². The van der Waals surface area contributed by atoms with Crippen LogP contribution >= 0.6 is 0 Å². The number of hydrogen-bond acceptors (Lipinski definition) is 4. The van der Waals surface area contributed by atoms with Crippen molar-refractivity contribution < 1.29 is 14.6 Å². The lowest BCUT2D eigenvalue weighted by atomic mass is 10.2. The molecule has 0 aromatic rings. The van der Waals surface area contributed by atoms with E-state index in [1.807, 2.05) is 6.92 Å². The summed E-state index contributed by atoms with van der Waals surface area (Å²) >= 11 is 0. The van der Waals surface area contributed by atoms with Crippen molar-refractivity contribution >= 4 is 5.91 Å². The van der Waals surface area contributed by atoms with Gasteiger partial charge in [0.15, 0.2) is 0 Å². The third-order valence-corrected chi connectivity index (χ3v) is 2.28. The minimum absolute atomic E-state index is 0.0254. The average Bonchev–Trinajstić information content (AvgIpc) is 2.26. The van der Waals surface area contributed by atoms with Gasteiger partial charge in [-0.25, -0.2) is 0 Å². The summed E-state index contributed by atoms with van der Waals surface area (Å²) in [6, 6.07) is -0.159. The number of aliphatic hydroxyl groups is 1. The highest BCUT2D eigenvalue weighted by Gasteiger charge is 2.23. The van der Waals surface area contributed by atoms with Crippen LogP contribution < -0.4 is 10.6 Å². The Bertz CT molecular complexity index is 177. The van der Waals surface area contributed by atoms with Gasteiger partial charge in [-0.15, -0.1) is 0 Å². The van der Waals surface area contributed by atoms with Crippen LogP contribution in [-0.4, -0.2) is 49.5 Å². The molecule has 5 nitrogen and oxygen atoms in total. The third-order valence-electron chi connectivity index (χ3n) is 2.28. The Hall–Kier alpha value is -0.650. The smallest absolute Gasteiger partial charge is 0.250 e. The first-order valence-electron chi connectivity index (χ1n) is 5.01. The molecule has 0 bridgehead atoms. The molecule has 3 N–H and O–H groups in total. The van der Waals surface area contributed by atoms with Crippen LogP contribution in [0.5, 0.6) is 0 Å². The van der Waals surface area contributed by atoms with Crippen LogP contribution in [0.3, 0.4) is 0 Å². The van der Waals surface area contributed by atoms with Gasteiger partial charge in [0.1, 0.15) is 6.10 Å². The Balaban J connectivity index is 2.32. The second-order valence-corrected chi connectivity index (χ2v) is 3.36. The van der Waals surface area contributed by atoms with Crippen LogP contribution in [-0.2, 0) is 9.53 Å². The van der Waals surface area contributed by atoms with Gasteiger partial charge >= 0.3 is 0 Å². The van der Waals surface area contributed by atoms with Gasteiger partial charge in [0.05, 0.1) is 19.3 Å². The number of aliphatic hydroxyl groups excluding tert-OH is 1. The lowest BCUT2D eigenvalue weighted by molar-refractivity contribution is -0.135. The van der Waals surface area contributed by atoms with E-state index in [0.29, 0.717) is 13.2 Å². The number of carbonyl (C=O) groups is 1. The van der Waals surface area contributed by atoms with Gasteiger partial charge in [-0.3, -0.25) is 4.79 Å². The van der Waals surface area contributed by atoms with Gasteiger partial charge in [0.2, 0.25) is 0 Å². The lowest BCUT2D eigenvalue weighted by Crippen LogP contribution is -2.50. The van der Waals surface area contributed by atoms with Crippen LogP contribution in [0, 0.1) is 0 Å². The second kappa shape index (κ2) is 5.95. The predicted molar refractivity (Wildman–Crippen MR) is 51.9 cm³/mol. The number of carbonyl (C=O) groups excluding carboxylic acids is 1.